The number of Topliss-reactive ketones (excluding diaryl/α,β-unsaturated/α-hetero) is 1. The molecular weight excluding hydrogens is 231 g/mol. The third-order valence-corrected chi connectivity index (χ3v) is 3.39. The van der Waals surface area contributed by atoms with E-state index in [9.17, 15) is 9.18 Å². The number of benzene rings is 1. The summed E-state index contributed by atoms with van der Waals surface area (Å²) in [6, 6.07) is 4.12. The van der Waals surface area contributed by atoms with Gasteiger partial charge in [0.25, 0.3) is 0 Å². The van der Waals surface area contributed by atoms with Crippen LogP contribution < -0.4 is 4.74 Å². The maximum absolute atomic E-state index is 13.2. The molecule has 0 saturated heterocycles. The van der Waals surface area contributed by atoms with Crippen molar-refractivity contribution in [2.75, 3.05) is 0 Å². The van der Waals surface area contributed by atoms with Crippen LogP contribution in [-0.2, 0) is 0 Å². The standard InChI is InChI=1S/C15H19FO2/c1-9(2)6-10(3)14-8-13(17)12-5-4-11(16)7-15(12)18-14/h4-5,7,9-10,14H,6,8H2,1-3H3. The summed E-state index contributed by atoms with van der Waals surface area (Å²) in [6.07, 6.45) is 1.27. The molecule has 0 spiro atoms. The van der Waals surface area contributed by atoms with Gasteiger partial charge in [-0.05, 0) is 30.4 Å². The lowest BCUT2D eigenvalue weighted by Gasteiger charge is -2.30. The number of ketones is 1. The third kappa shape index (κ3) is 2.71. The maximum Gasteiger partial charge on any atom is 0.170 e. The van der Waals surface area contributed by atoms with E-state index < -0.39 is 0 Å². The Hall–Kier alpha value is -1.38. The van der Waals surface area contributed by atoms with Gasteiger partial charge in [-0.25, -0.2) is 4.39 Å². The van der Waals surface area contributed by atoms with Crippen LogP contribution in [0.1, 0.15) is 44.0 Å². The molecule has 0 amide bonds. The Morgan fingerprint density at radius 1 is 1.39 bits per heavy atom. The van der Waals surface area contributed by atoms with Crippen LogP contribution in [0.4, 0.5) is 4.39 Å². The predicted molar refractivity (Wildman–Crippen MR) is 68.4 cm³/mol. The van der Waals surface area contributed by atoms with Gasteiger partial charge in [0, 0.05) is 12.5 Å². The molecule has 18 heavy (non-hydrogen) atoms. The average molecular weight is 250 g/mol. The first-order valence-corrected chi connectivity index (χ1v) is 6.46. The summed E-state index contributed by atoms with van der Waals surface area (Å²) >= 11 is 0. The number of fused-ring (bicyclic) bond motifs is 1. The summed E-state index contributed by atoms with van der Waals surface area (Å²) in [5, 5.41) is 0. The molecule has 2 unspecified atom stereocenters. The number of carbonyl (C=O) groups excluding carboxylic acids is 1. The Kier molecular flexibility index (Phi) is 3.69. The molecule has 1 aromatic rings. The van der Waals surface area contributed by atoms with Gasteiger partial charge < -0.3 is 4.74 Å². The highest BCUT2D eigenvalue weighted by molar-refractivity contribution is 5.99. The minimum Gasteiger partial charge on any atom is -0.489 e. The van der Waals surface area contributed by atoms with Gasteiger partial charge >= 0.3 is 0 Å². The van der Waals surface area contributed by atoms with E-state index in [0.29, 0.717) is 29.6 Å². The molecule has 1 aliphatic heterocycles. The molecule has 0 aromatic heterocycles. The zero-order valence-corrected chi connectivity index (χ0v) is 11.1. The number of hydrogen-bond donors (Lipinski definition) is 0. The molecule has 2 rings (SSSR count). The van der Waals surface area contributed by atoms with Crippen LogP contribution >= 0.6 is 0 Å². The van der Waals surface area contributed by atoms with Crippen molar-refractivity contribution in [3.8, 4) is 5.75 Å². The molecule has 0 aliphatic carbocycles. The predicted octanol–water partition coefficient (Wildman–Crippen LogP) is 3.84. The number of ether oxygens (including phenoxy) is 1. The number of rotatable bonds is 3. The largest absolute Gasteiger partial charge is 0.489 e. The molecule has 2 nitrogen and oxygen atoms in total. The lowest BCUT2D eigenvalue weighted by atomic mass is 9.88. The zero-order valence-electron chi connectivity index (χ0n) is 11.1. The van der Waals surface area contributed by atoms with Crippen LogP contribution in [0.15, 0.2) is 18.2 Å². The fourth-order valence-corrected chi connectivity index (χ4v) is 2.53. The Balaban J connectivity index is 2.19. The summed E-state index contributed by atoms with van der Waals surface area (Å²) in [6.45, 7) is 6.38. The van der Waals surface area contributed by atoms with Crippen LogP contribution in [-0.4, -0.2) is 11.9 Å². The maximum atomic E-state index is 13.2. The SMILES string of the molecule is CC(C)CC(C)C1CC(=O)c2ccc(F)cc2O1. The van der Waals surface area contributed by atoms with Gasteiger partial charge in [0.1, 0.15) is 17.7 Å². The first-order valence-electron chi connectivity index (χ1n) is 6.46. The second kappa shape index (κ2) is 5.09. The normalized spacial score (nSPS) is 20.5. The van der Waals surface area contributed by atoms with Crippen molar-refractivity contribution in [1.29, 1.82) is 0 Å². The van der Waals surface area contributed by atoms with Crippen molar-refractivity contribution in [3.63, 3.8) is 0 Å². The van der Waals surface area contributed by atoms with E-state index in [1.54, 1.807) is 0 Å². The molecule has 0 fully saturated rings. The fourth-order valence-electron chi connectivity index (χ4n) is 2.53. The van der Waals surface area contributed by atoms with E-state index in [1.807, 2.05) is 0 Å². The van der Waals surface area contributed by atoms with E-state index in [1.165, 1.54) is 18.2 Å². The van der Waals surface area contributed by atoms with Gasteiger partial charge in [0.15, 0.2) is 5.78 Å². The summed E-state index contributed by atoms with van der Waals surface area (Å²) in [5.74, 6) is 0.945. The van der Waals surface area contributed by atoms with Crippen LogP contribution in [0.2, 0.25) is 0 Å². The summed E-state index contributed by atoms with van der Waals surface area (Å²) in [7, 11) is 0. The van der Waals surface area contributed by atoms with Crippen molar-refractivity contribution in [1.82, 2.24) is 0 Å². The summed E-state index contributed by atoms with van der Waals surface area (Å²) in [4.78, 5) is 12.0. The van der Waals surface area contributed by atoms with Gasteiger partial charge in [0.05, 0.1) is 5.56 Å². The first kappa shape index (κ1) is 13.1. The molecule has 3 heteroatoms. The minimum atomic E-state index is -0.362. The van der Waals surface area contributed by atoms with Crippen molar-refractivity contribution in [3.05, 3.63) is 29.6 Å². The van der Waals surface area contributed by atoms with E-state index in [2.05, 4.69) is 20.8 Å². The third-order valence-electron chi connectivity index (χ3n) is 3.39. The molecule has 0 radical (unpaired) electrons. The highest BCUT2D eigenvalue weighted by Crippen LogP contribution is 2.32. The van der Waals surface area contributed by atoms with Crippen LogP contribution in [0, 0.1) is 17.7 Å². The molecular formula is C15H19FO2. The Morgan fingerprint density at radius 2 is 2.11 bits per heavy atom. The van der Waals surface area contributed by atoms with Gasteiger partial charge in [-0.15, -0.1) is 0 Å². The number of halogens is 1. The van der Waals surface area contributed by atoms with Gasteiger partial charge in [-0.2, -0.15) is 0 Å². The second-order valence-electron chi connectivity index (χ2n) is 5.53. The van der Waals surface area contributed by atoms with E-state index >= 15 is 0 Å². The number of hydrogen-bond acceptors (Lipinski definition) is 2. The van der Waals surface area contributed by atoms with Gasteiger partial charge in [-0.3, -0.25) is 4.79 Å². The zero-order chi connectivity index (χ0) is 13.3. The Bertz CT molecular complexity index is 454. The van der Waals surface area contributed by atoms with Crippen molar-refractivity contribution in [2.45, 2.75) is 39.7 Å². The molecule has 1 heterocycles. The molecule has 1 aliphatic rings. The smallest absolute Gasteiger partial charge is 0.170 e. The van der Waals surface area contributed by atoms with Crippen molar-refractivity contribution >= 4 is 5.78 Å². The van der Waals surface area contributed by atoms with Crippen LogP contribution in [0.5, 0.6) is 5.75 Å². The van der Waals surface area contributed by atoms with Crippen molar-refractivity contribution < 1.29 is 13.9 Å². The molecule has 2 atom stereocenters. The summed E-state index contributed by atoms with van der Waals surface area (Å²) < 4.78 is 19.0. The topological polar surface area (TPSA) is 26.3 Å². The van der Waals surface area contributed by atoms with E-state index in [-0.39, 0.29) is 17.7 Å². The monoisotopic (exact) mass is 250 g/mol. The second-order valence-corrected chi connectivity index (χ2v) is 5.53. The van der Waals surface area contributed by atoms with Crippen molar-refractivity contribution in [2.24, 2.45) is 11.8 Å². The highest BCUT2D eigenvalue weighted by Gasteiger charge is 2.30. The quantitative estimate of drug-likeness (QED) is 0.814. The lowest BCUT2D eigenvalue weighted by Crippen LogP contribution is -2.33. The molecule has 98 valence electrons. The van der Waals surface area contributed by atoms with Crippen LogP contribution in [0.3, 0.4) is 0 Å². The Morgan fingerprint density at radius 3 is 2.78 bits per heavy atom. The van der Waals surface area contributed by atoms with Gasteiger partial charge in [0.2, 0.25) is 0 Å². The van der Waals surface area contributed by atoms with Crippen LogP contribution in [0.25, 0.3) is 0 Å². The van der Waals surface area contributed by atoms with E-state index in [0.717, 1.165) is 6.42 Å². The summed E-state index contributed by atoms with van der Waals surface area (Å²) in [5.41, 5.74) is 0.504. The number of carbonyl (C=O) groups is 1. The molecule has 1 aromatic carbocycles. The average Bonchev–Trinajstić information content (AvgIpc) is 2.27. The van der Waals surface area contributed by atoms with Gasteiger partial charge in [-0.1, -0.05) is 20.8 Å². The molecule has 0 bridgehead atoms. The van der Waals surface area contributed by atoms with E-state index in [4.69, 9.17) is 4.74 Å². The first-order chi connectivity index (χ1) is 8.47. The lowest BCUT2D eigenvalue weighted by molar-refractivity contribution is 0.0721. The molecule has 0 N–H and O–H groups in total. The molecule has 0 saturated carbocycles. The Labute approximate surface area is 107 Å². The highest BCUT2D eigenvalue weighted by atomic mass is 19.1. The fraction of sp³-hybridized carbons (Fsp3) is 0.533. The minimum absolute atomic E-state index is 0.0526.